The van der Waals surface area contributed by atoms with Gasteiger partial charge >= 0.3 is 0 Å². The van der Waals surface area contributed by atoms with Crippen molar-refractivity contribution >= 4 is 23.4 Å². The number of benzene rings is 1. The van der Waals surface area contributed by atoms with Crippen molar-refractivity contribution < 1.29 is 0 Å². The van der Waals surface area contributed by atoms with Crippen LogP contribution in [0.25, 0.3) is 0 Å². The summed E-state index contributed by atoms with van der Waals surface area (Å²) >= 11 is 7.63. The quantitative estimate of drug-likeness (QED) is 0.868. The Morgan fingerprint density at radius 1 is 1.35 bits per heavy atom. The van der Waals surface area contributed by atoms with Gasteiger partial charge in [0.1, 0.15) is 0 Å². The average molecular weight is 306 g/mol. The van der Waals surface area contributed by atoms with Crippen LogP contribution in [0.1, 0.15) is 37.3 Å². The fourth-order valence-corrected chi connectivity index (χ4v) is 3.52. The molecule has 1 aromatic carbocycles. The molecule has 1 saturated carbocycles. The molecule has 3 rings (SSSR count). The second kappa shape index (κ2) is 5.81. The van der Waals surface area contributed by atoms with E-state index in [4.69, 9.17) is 16.9 Å². The highest BCUT2D eigenvalue weighted by Crippen LogP contribution is 2.36. The lowest BCUT2D eigenvalue weighted by atomic mass is 10.2. The Hall–Kier alpha value is -1.58. The molecule has 1 aliphatic rings. The lowest BCUT2D eigenvalue weighted by Gasteiger charge is -2.11. The number of halogens is 1. The maximum Gasteiger partial charge on any atom is 0.214 e. The summed E-state index contributed by atoms with van der Waals surface area (Å²) in [5.74, 6) is 0. The van der Waals surface area contributed by atoms with Gasteiger partial charge in [-0.3, -0.25) is 0 Å². The fraction of sp³-hybridized carbons (Fsp3) is 0.385. The van der Waals surface area contributed by atoms with Crippen LogP contribution in [-0.4, -0.2) is 20.2 Å². The Balaban J connectivity index is 1.85. The van der Waals surface area contributed by atoms with Gasteiger partial charge in [-0.05, 0) is 53.2 Å². The van der Waals surface area contributed by atoms with Crippen molar-refractivity contribution in [2.24, 2.45) is 0 Å². The second-order valence-corrected chi connectivity index (χ2v) is 6.12. The number of nitriles is 1. The normalized spacial score (nSPS) is 15.4. The van der Waals surface area contributed by atoms with E-state index in [9.17, 15) is 0 Å². The zero-order chi connectivity index (χ0) is 13.9. The largest absolute Gasteiger partial charge is 0.217 e. The van der Waals surface area contributed by atoms with Crippen LogP contribution in [0.4, 0.5) is 0 Å². The maximum absolute atomic E-state index is 8.85. The second-order valence-electron chi connectivity index (χ2n) is 4.70. The van der Waals surface area contributed by atoms with Crippen LogP contribution in [0.15, 0.2) is 28.3 Å². The molecule has 1 aromatic heterocycles. The number of nitrogens with zero attached hydrogens (tertiary/aromatic N) is 5. The zero-order valence-corrected chi connectivity index (χ0v) is 12.2. The summed E-state index contributed by atoms with van der Waals surface area (Å²) < 4.78 is 1.90. The molecular weight excluding hydrogens is 294 g/mol. The summed E-state index contributed by atoms with van der Waals surface area (Å²) in [5, 5.41) is 22.1. The zero-order valence-electron chi connectivity index (χ0n) is 10.7. The topological polar surface area (TPSA) is 67.4 Å². The molecule has 0 saturated heterocycles. The van der Waals surface area contributed by atoms with Crippen molar-refractivity contribution in [3.8, 4) is 6.07 Å². The van der Waals surface area contributed by atoms with Crippen molar-refractivity contribution in [1.82, 2.24) is 20.2 Å². The van der Waals surface area contributed by atoms with Gasteiger partial charge in [0.15, 0.2) is 0 Å². The monoisotopic (exact) mass is 305 g/mol. The van der Waals surface area contributed by atoms with E-state index in [1.807, 2.05) is 10.7 Å². The van der Waals surface area contributed by atoms with Crippen LogP contribution < -0.4 is 0 Å². The van der Waals surface area contributed by atoms with Gasteiger partial charge < -0.3 is 0 Å². The number of hydrogen-bond donors (Lipinski definition) is 0. The molecule has 0 radical (unpaired) electrons. The third-order valence-electron chi connectivity index (χ3n) is 3.40. The van der Waals surface area contributed by atoms with Crippen LogP contribution in [0.2, 0.25) is 5.02 Å². The van der Waals surface area contributed by atoms with Gasteiger partial charge in [-0.1, -0.05) is 24.4 Å². The molecule has 7 heteroatoms. The summed E-state index contributed by atoms with van der Waals surface area (Å²) in [7, 11) is 0. The van der Waals surface area contributed by atoms with Gasteiger partial charge in [0.2, 0.25) is 5.16 Å². The first kappa shape index (κ1) is 13.4. The minimum Gasteiger partial charge on any atom is -0.217 e. The smallest absolute Gasteiger partial charge is 0.214 e. The molecule has 0 amide bonds. The number of tetrazole rings is 1. The molecule has 0 aliphatic heterocycles. The van der Waals surface area contributed by atoms with Crippen molar-refractivity contribution in [3.63, 3.8) is 0 Å². The summed E-state index contributed by atoms with van der Waals surface area (Å²) in [6.45, 7) is 0. The Morgan fingerprint density at radius 2 is 2.15 bits per heavy atom. The van der Waals surface area contributed by atoms with E-state index in [1.54, 1.807) is 12.1 Å². The van der Waals surface area contributed by atoms with Crippen LogP contribution in [0, 0.1) is 11.3 Å². The molecule has 2 aromatic rings. The van der Waals surface area contributed by atoms with Crippen molar-refractivity contribution in [2.45, 2.75) is 41.8 Å². The predicted molar refractivity (Wildman–Crippen MR) is 75.6 cm³/mol. The van der Waals surface area contributed by atoms with Gasteiger partial charge in [-0.2, -0.15) is 5.26 Å². The van der Waals surface area contributed by atoms with Crippen molar-refractivity contribution in [2.75, 3.05) is 0 Å². The maximum atomic E-state index is 8.85. The number of hydrogen-bond acceptors (Lipinski definition) is 5. The molecule has 1 fully saturated rings. The lowest BCUT2D eigenvalue weighted by molar-refractivity contribution is 0.423. The lowest BCUT2D eigenvalue weighted by Crippen LogP contribution is -2.08. The summed E-state index contributed by atoms with van der Waals surface area (Å²) in [6.07, 6.45) is 4.71. The molecule has 1 heterocycles. The first-order chi connectivity index (χ1) is 9.78. The van der Waals surface area contributed by atoms with Gasteiger partial charge in [-0.25, -0.2) is 4.68 Å². The third-order valence-corrected chi connectivity index (χ3v) is 4.85. The molecule has 0 spiro atoms. The Labute approximate surface area is 125 Å². The molecule has 0 unspecified atom stereocenters. The van der Waals surface area contributed by atoms with Gasteiger partial charge in [0.25, 0.3) is 0 Å². The van der Waals surface area contributed by atoms with Crippen LogP contribution >= 0.6 is 23.4 Å². The Bertz CT molecular complexity index is 657. The van der Waals surface area contributed by atoms with E-state index < -0.39 is 0 Å². The minimum absolute atomic E-state index is 0.393. The van der Waals surface area contributed by atoms with E-state index in [0.29, 0.717) is 16.6 Å². The number of rotatable bonds is 3. The summed E-state index contributed by atoms with van der Waals surface area (Å²) in [4.78, 5) is 0.861. The molecule has 0 N–H and O–H groups in total. The summed E-state index contributed by atoms with van der Waals surface area (Å²) in [5.41, 5.74) is 0.551. The fourth-order valence-electron chi connectivity index (χ4n) is 2.38. The van der Waals surface area contributed by atoms with Crippen molar-refractivity contribution in [1.29, 1.82) is 5.26 Å². The third kappa shape index (κ3) is 2.65. The van der Waals surface area contributed by atoms with Crippen LogP contribution in [0.3, 0.4) is 0 Å². The van der Waals surface area contributed by atoms with Gasteiger partial charge in [0.05, 0.1) is 22.7 Å². The minimum atomic E-state index is 0.393. The first-order valence-corrected chi connectivity index (χ1v) is 7.63. The Kier molecular flexibility index (Phi) is 3.90. The van der Waals surface area contributed by atoms with Gasteiger partial charge in [0, 0.05) is 4.90 Å². The van der Waals surface area contributed by atoms with Gasteiger partial charge in [-0.15, -0.1) is 5.10 Å². The highest BCUT2D eigenvalue weighted by atomic mass is 35.5. The highest BCUT2D eigenvalue weighted by Gasteiger charge is 2.22. The molecule has 102 valence electrons. The Morgan fingerprint density at radius 3 is 2.85 bits per heavy atom. The number of aromatic nitrogens is 4. The van der Waals surface area contributed by atoms with E-state index in [2.05, 4.69) is 21.6 Å². The predicted octanol–water partition coefficient (Wildman–Crippen LogP) is 3.46. The molecule has 20 heavy (non-hydrogen) atoms. The van der Waals surface area contributed by atoms with Crippen LogP contribution in [-0.2, 0) is 0 Å². The molecule has 0 atom stereocenters. The molecule has 0 bridgehead atoms. The van der Waals surface area contributed by atoms with Crippen LogP contribution in [0.5, 0.6) is 0 Å². The summed E-state index contributed by atoms with van der Waals surface area (Å²) in [6, 6.07) is 7.70. The SMILES string of the molecule is N#Cc1ccc(Sc2nnnn2C2CCCC2)c(Cl)c1. The average Bonchev–Trinajstić information content (AvgIpc) is 3.11. The van der Waals surface area contributed by atoms with Crippen molar-refractivity contribution in [3.05, 3.63) is 28.8 Å². The van der Waals surface area contributed by atoms with E-state index in [0.717, 1.165) is 22.9 Å². The first-order valence-electron chi connectivity index (χ1n) is 6.43. The van der Waals surface area contributed by atoms with E-state index in [-0.39, 0.29) is 0 Å². The standard InChI is InChI=1S/C13H12ClN5S/c14-11-7-9(8-15)5-6-12(11)20-13-16-17-18-19(13)10-3-1-2-4-10/h5-7,10H,1-4H2. The van der Waals surface area contributed by atoms with E-state index in [1.165, 1.54) is 24.6 Å². The molecule has 5 nitrogen and oxygen atoms in total. The molecular formula is C13H12ClN5S. The van der Waals surface area contributed by atoms with E-state index >= 15 is 0 Å². The molecule has 1 aliphatic carbocycles. The highest BCUT2D eigenvalue weighted by molar-refractivity contribution is 7.99.